The van der Waals surface area contributed by atoms with Crippen molar-refractivity contribution >= 4 is 11.9 Å². The first-order chi connectivity index (χ1) is 9.58. The van der Waals surface area contributed by atoms with Gasteiger partial charge in [-0.1, -0.05) is 18.2 Å². The van der Waals surface area contributed by atoms with Crippen LogP contribution in [0.2, 0.25) is 0 Å². The van der Waals surface area contributed by atoms with Gasteiger partial charge in [-0.25, -0.2) is 4.79 Å². The Kier molecular flexibility index (Phi) is 5.87. The first-order valence-corrected chi connectivity index (χ1v) is 6.14. The molecule has 0 aliphatic rings. The zero-order chi connectivity index (χ0) is 14.5. The summed E-state index contributed by atoms with van der Waals surface area (Å²) >= 11 is 0. The third-order valence-electron chi connectivity index (χ3n) is 2.81. The van der Waals surface area contributed by atoms with Crippen molar-refractivity contribution in [3.63, 3.8) is 0 Å². The van der Waals surface area contributed by atoms with E-state index in [0.717, 1.165) is 0 Å². The van der Waals surface area contributed by atoms with Gasteiger partial charge in [0, 0.05) is 13.0 Å². The number of halogens is 1. The summed E-state index contributed by atoms with van der Waals surface area (Å²) in [4.78, 5) is 23.0. The smallest absolute Gasteiger partial charge is 0.343 e. The maximum absolute atomic E-state index is 11.9. The summed E-state index contributed by atoms with van der Waals surface area (Å²) in [5.74, 6) is -0.948. The van der Waals surface area contributed by atoms with Gasteiger partial charge in [0.2, 0.25) is 0 Å². The van der Waals surface area contributed by atoms with Crippen LogP contribution in [0.15, 0.2) is 54.9 Å². The molecule has 21 heavy (non-hydrogen) atoms. The van der Waals surface area contributed by atoms with Crippen LogP contribution < -0.4 is 22.7 Å². The Bertz CT molecular complexity index is 632. The summed E-state index contributed by atoms with van der Waals surface area (Å²) in [5, 5.41) is 0. The molecule has 1 amide bonds. The largest absolute Gasteiger partial charge is 1.00 e. The summed E-state index contributed by atoms with van der Waals surface area (Å²) in [7, 11) is 0. The van der Waals surface area contributed by atoms with Crippen molar-refractivity contribution in [1.29, 1.82) is 0 Å². The minimum absolute atomic E-state index is 0. The van der Waals surface area contributed by atoms with Gasteiger partial charge in [-0.05, 0) is 18.2 Å². The Balaban J connectivity index is 0.00000220. The number of benzene rings is 1. The van der Waals surface area contributed by atoms with E-state index in [-0.39, 0.29) is 12.4 Å². The van der Waals surface area contributed by atoms with Crippen molar-refractivity contribution in [3.8, 4) is 0 Å². The number of hydrogen-bond acceptors (Lipinski definition) is 3. The molecule has 0 radical (unpaired) electrons. The molecule has 2 aromatic rings. The van der Waals surface area contributed by atoms with Crippen molar-refractivity contribution in [2.75, 3.05) is 0 Å². The number of pyridine rings is 1. The Morgan fingerprint density at radius 3 is 2.33 bits per heavy atom. The van der Waals surface area contributed by atoms with Crippen molar-refractivity contribution in [1.82, 2.24) is 0 Å². The predicted octanol–water partition coefficient (Wildman–Crippen LogP) is -1.55. The van der Waals surface area contributed by atoms with Gasteiger partial charge in [0.25, 0.3) is 5.91 Å². The summed E-state index contributed by atoms with van der Waals surface area (Å²) < 4.78 is 6.94. The quantitative estimate of drug-likeness (QED) is 0.549. The Morgan fingerprint density at radius 2 is 1.71 bits per heavy atom. The summed E-state index contributed by atoms with van der Waals surface area (Å²) in [6.07, 6.45) is 2.71. The fourth-order valence-electron chi connectivity index (χ4n) is 1.72. The molecule has 110 valence electrons. The second kappa shape index (κ2) is 7.40. The number of carbonyl (C=O) groups excluding carboxylic acids is 2. The molecule has 0 bridgehead atoms. The maximum atomic E-state index is 11.9. The van der Waals surface area contributed by atoms with E-state index < -0.39 is 18.1 Å². The highest BCUT2D eigenvalue weighted by Gasteiger charge is 2.19. The van der Waals surface area contributed by atoms with Gasteiger partial charge in [0.1, 0.15) is 5.56 Å². The normalized spacial score (nSPS) is 11.1. The van der Waals surface area contributed by atoms with Crippen LogP contribution >= 0.6 is 0 Å². The van der Waals surface area contributed by atoms with Crippen molar-refractivity contribution < 1.29 is 31.3 Å². The molecule has 0 aliphatic carbocycles. The fourth-order valence-corrected chi connectivity index (χ4v) is 1.72. The molecule has 0 fully saturated rings. The lowest BCUT2D eigenvalue weighted by molar-refractivity contribution is -0.752. The Morgan fingerprint density at radius 1 is 1.10 bits per heavy atom. The van der Waals surface area contributed by atoms with Crippen LogP contribution in [-0.2, 0) is 4.74 Å². The van der Waals surface area contributed by atoms with Crippen molar-refractivity contribution in [2.45, 2.75) is 13.2 Å². The molecular formula is C15H15ClN2O3. The molecule has 0 aliphatic heterocycles. The molecular weight excluding hydrogens is 292 g/mol. The number of ether oxygens (including phenoxy) is 1. The average Bonchev–Trinajstić information content (AvgIpc) is 2.48. The topological polar surface area (TPSA) is 73.3 Å². The van der Waals surface area contributed by atoms with E-state index in [4.69, 9.17) is 10.5 Å². The third-order valence-corrected chi connectivity index (χ3v) is 2.81. The first-order valence-electron chi connectivity index (χ1n) is 6.14. The second-order valence-electron chi connectivity index (χ2n) is 4.27. The van der Waals surface area contributed by atoms with E-state index in [0.29, 0.717) is 11.1 Å². The van der Waals surface area contributed by atoms with Crippen LogP contribution in [0.1, 0.15) is 33.9 Å². The van der Waals surface area contributed by atoms with Crippen LogP contribution in [0.3, 0.4) is 0 Å². The lowest BCUT2D eigenvalue weighted by Crippen LogP contribution is -3.00. The van der Waals surface area contributed by atoms with E-state index >= 15 is 0 Å². The molecule has 0 saturated heterocycles. The molecule has 1 heterocycles. The van der Waals surface area contributed by atoms with Crippen molar-refractivity contribution in [2.24, 2.45) is 5.73 Å². The number of aromatic nitrogens is 1. The molecule has 1 aromatic carbocycles. The highest BCUT2D eigenvalue weighted by molar-refractivity contribution is 5.92. The molecule has 1 atom stereocenters. The lowest BCUT2D eigenvalue weighted by atomic mass is 10.2. The minimum atomic E-state index is -0.540. The number of amides is 1. The van der Waals surface area contributed by atoms with Gasteiger partial charge >= 0.3 is 12.2 Å². The zero-order valence-corrected chi connectivity index (χ0v) is 12.2. The summed E-state index contributed by atoms with van der Waals surface area (Å²) in [5.41, 5.74) is 6.05. The standard InChI is InChI=1S/C15H14N2O3.ClH/c1-11(17-9-5-8-13(10-17)14(16)18)20-15(19)12-6-3-2-4-7-12;/h2-11H,1H3,(H-,16,18);1H. The third kappa shape index (κ3) is 4.29. The van der Waals surface area contributed by atoms with Gasteiger partial charge in [-0.15, -0.1) is 0 Å². The number of carbonyl (C=O) groups is 2. The molecule has 1 unspecified atom stereocenters. The van der Waals surface area contributed by atoms with Gasteiger partial charge in [-0.3, -0.25) is 4.79 Å². The number of primary amides is 1. The van der Waals surface area contributed by atoms with Crippen LogP contribution in [0.4, 0.5) is 0 Å². The molecule has 1 aromatic heterocycles. The second-order valence-corrected chi connectivity index (χ2v) is 4.27. The van der Waals surface area contributed by atoms with Crippen LogP contribution in [0.5, 0.6) is 0 Å². The first kappa shape index (κ1) is 16.7. The molecule has 2 N–H and O–H groups in total. The highest BCUT2D eigenvalue weighted by atomic mass is 35.5. The summed E-state index contributed by atoms with van der Waals surface area (Å²) in [6, 6.07) is 12.0. The molecule has 2 rings (SSSR count). The Labute approximate surface area is 128 Å². The predicted molar refractivity (Wildman–Crippen MR) is 71.7 cm³/mol. The van der Waals surface area contributed by atoms with Crippen LogP contribution in [0, 0.1) is 0 Å². The minimum Gasteiger partial charge on any atom is -1.00 e. The SMILES string of the molecule is CC(OC(=O)c1ccccc1)[n+]1cccc(C(N)=O)c1.[Cl-]. The van der Waals surface area contributed by atoms with Crippen molar-refractivity contribution in [3.05, 3.63) is 66.0 Å². The van der Waals surface area contributed by atoms with E-state index in [2.05, 4.69) is 0 Å². The van der Waals surface area contributed by atoms with E-state index in [1.54, 1.807) is 60.3 Å². The number of nitrogens with two attached hydrogens (primary N) is 1. The molecule has 0 saturated carbocycles. The average molecular weight is 307 g/mol. The highest BCUT2D eigenvalue weighted by Crippen LogP contribution is 2.07. The maximum Gasteiger partial charge on any atom is 0.343 e. The fraction of sp³-hybridized carbons (Fsp3) is 0.133. The summed E-state index contributed by atoms with van der Waals surface area (Å²) in [6.45, 7) is 1.71. The number of rotatable bonds is 4. The zero-order valence-electron chi connectivity index (χ0n) is 11.4. The van der Waals surface area contributed by atoms with E-state index in [1.807, 2.05) is 6.07 Å². The van der Waals surface area contributed by atoms with Crippen LogP contribution in [-0.4, -0.2) is 11.9 Å². The Hall–Kier alpha value is -2.40. The lowest BCUT2D eigenvalue weighted by Gasteiger charge is -2.09. The number of hydrogen-bond donors (Lipinski definition) is 1. The number of esters is 1. The number of nitrogens with zero attached hydrogens (tertiary/aromatic N) is 1. The van der Waals surface area contributed by atoms with Gasteiger partial charge in [-0.2, -0.15) is 4.57 Å². The van der Waals surface area contributed by atoms with E-state index in [9.17, 15) is 9.59 Å². The van der Waals surface area contributed by atoms with Crippen LogP contribution in [0.25, 0.3) is 0 Å². The van der Waals surface area contributed by atoms with Gasteiger partial charge in [0.05, 0.1) is 5.56 Å². The molecule has 6 heteroatoms. The van der Waals surface area contributed by atoms with E-state index in [1.165, 1.54) is 0 Å². The monoisotopic (exact) mass is 306 g/mol. The molecule has 0 spiro atoms. The molecule has 5 nitrogen and oxygen atoms in total. The van der Waals surface area contributed by atoms with Gasteiger partial charge in [0.15, 0.2) is 12.4 Å². The van der Waals surface area contributed by atoms with Gasteiger partial charge < -0.3 is 22.9 Å².